The molecular weight excluding hydrogens is 392 g/mol. The largest absolute Gasteiger partial charge is 0.484 e. The Bertz CT molecular complexity index is 949. The maximum absolute atomic E-state index is 13.0. The third-order valence-corrected chi connectivity index (χ3v) is 6.60. The number of nitrogens with one attached hydrogen (secondary N) is 1. The molecular formula is C21H26N2O5S. The van der Waals surface area contributed by atoms with E-state index in [2.05, 4.69) is 5.32 Å². The molecule has 0 aliphatic carbocycles. The molecule has 1 amide bonds. The van der Waals surface area contributed by atoms with Crippen molar-refractivity contribution >= 4 is 15.9 Å². The van der Waals surface area contributed by atoms with Crippen LogP contribution in [0.15, 0.2) is 47.4 Å². The van der Waals surface area contributed by atoms with Gasteiger partial charge in [0.25, 0.3) is 5.91 Å². The van der Waals surface area contributed by atoms with Crippen LogP contribution in [0.5, 0.6) is 5.75 Å². The van der Waals surface area contributed by atoms with Crippen LogP contribution in [0.25, 0.3) is 0 Å². The number of aryl methyl sites for hydroxylation is 2. The van der Waals surface area contributed by atoms with Crippen molar-refractivity contribution in [3.8, 4) is 5.75 Å². The van der Waals surface area contributed by atoms with Crippen LogP contribution in [0.1, 0.15) is 16.7 Å². The van der Waals surface area contributed by atoms with Crippen molar-refractivity contribution in [2.75, 3.05) is 32.9 Å². The number of sulfonamides is 1. The first kappa shape index (κ1) is 21.3. The molecule has 1 saturated heterocycles. The van der Waals surface area contributed by atoms with Crippen LogP contribution in [0.4, 0.5) is 0 Å². The van der Waals surface area contributed by atoms with Gasteiger partial charge < -0.3 is 14.8 Å². The summed E-state index contributed by atoms with van der Waals surface area (Å²) in [5, 5.41) is 2.74. The van der Waals surface area contributed by atoms with Gasteiger partial charge in [0.05, 0.1) is 18.1 Å². The van der Waals surface area contributed by atoms with Crippen LogP contribution in [0.3, 0.4) is 0 Å². The summed E-state index contributed by atoms with van der Waals surface area (Å²) >= 11 is 0. The molecule has 2 aromatic rings. The van der Waals surface area contributed by atoms with Gasteiger partial charge in [-0.25, -0.2) is 8.42 Å². The first-order valence-electron chi connectivity index (χ1n) is 9.50. The van der Waals surface area contributed by atoms with Gasteiger partial charge in [0.2, 0.25) is 10.0 Å². The second-order valence-corrected chi connectivity index (χ2v) is 8.92. The average molecular weight is 419 g/mol. The second kappa shape index (κ2) is 9.39. The number of rotatable bonds is 7. The minimum absolute atomic E-state index is 0.106. The standard InChI is InChI=1S/C21H26N2O5S/c1-16-11-17(2)13-19(12-16)28-15-21(24)22-14-18-5-3-4-6-20(18)29(25,26)23-7-9-27-10-8-23/h3-6,11-13H,7-10,14-15H2,1-2H3,(H,22,24). The Hall–Kier alpha value is -2.42. The minimum atomic E-state index is -3.63. The highest BCUT2D eigenvalue weighted by atomic mass is 32.2. The summed E-state index contributed by atoms with van der Waals surface area (Å²) in [6.07, 6.45) is 0. The van der Waals surface area contributed by atoms with Gasteiger partial charge in [-0.2, -0.15) is 4.31 Å². The summed E-state index contributed by atoms with van der Waals surface area (Å²) in [5.41, 5.74) is 2.66. The number of carbonyl (C=O) groups is 1. The number of amides is 1. The summed E-state index contributed by atoms with van der Waals surface area (Å²) in [6.45, 7) is 5.31. The average Bonchev–Trinajstić information content (AvgIpc) is 2.71. The van der Waals surface area contributed by atoms with Gasteiger partial charge in [0.1, 0.15) is 5.75 Å². The predicted octanol–water partition coefficient (Wildman–Crippen LogP) is 2.02. The molecule has 1 fully saturated rings. The first-order chi connectivity index (χ1) is 13.9. The van der Waals surface area contributed by atoms with Crippen LogP contribution in [0.2, 0.25) is 0 Å². The maximum atomic E-state index is 13.0. The lowest BCUT2D eigenvalue weighted by Crippen LogP contribution is -2.41. The van der Waals surface area contributed by atoms with Crippen molar-refractivity contribution < 1.29 is 22.7 Å². The van der Waals surface area contributed by atoms with E-state index >= 15 is 0 Å². The zero-order valence-corrected chi connectivity index (χ0v) is 17.5. The lowest BCUT2D eigenvalue weighted by molar-refractivity contribution is -0.123. The van der Waals surface area contributed by atoms with E-state index in [0.717, 1.165) is 11.1 Å². The van der Waals surface area contributed by atoms with Crippen molar-refractivity contribution in [2.45, 2.75) is 25.3 Å². The lowest BCUT2D eigenvalue weighted by atomic mass is 10.1. The Labute approximate surface area is 171 Å². The fraction of sp³-hybridized carbons (Fsp3) is 0.381. The highest BCUT2D eigenvalue weighted by Gasteiger charge is 2.28. The summed E-state index contributed by atoms with van der Waals surface area (Å²) in [7, 11) is -3.63. The summed E-state index contributed by atoms with van der Waals surface area (Å²) in [5.74, 6) is 0.315. The molecule has 156 valence electrons. The molecule has 0 aromatic heterocycles. The van der Waals surface area contributed by atoms with Gasteiger partial charge in [0, 0.05) is 19.6 Å². The highest BCUT2D eigenvalue weighted by molar-refractivity contribution is 7.89. The number of morpholine rings is 1. The Balaban J connectivity index is 1.62. The fourth-order valence-corrected chi connectivity index (χ4v) is 4.87. The summed E-state index contributed by atoms with van der Waals surface area (Å²) < 4.78 is 38.1. The van der Waals surface area contributed by atoms with E-state index in [1.54, 1.807) is 24.3 Å². The molecule has 1 aliphatic heterocycles. The van der Waals surface area contributed by atoms with E-state index in [0.29, 0.717) is 37.6 Å². The zero-order chi connectivity index (χ0) is 20.9. The Morgan fingerprint density at radius 1 is 1.10 bits per heavy atom. The number of carbonyl (C=O) groups excluding carboxylic acids is 1. The molecule has 3 rings (SSSR count). The van der Waals surface area contributed by atoms with Crippen molar-refractivity contribution in [1.82, 2.24) is 9.62 Å². The van der Waals surface area contributed by atoms with Crippen LogP contribution in [0, 0.1) is 13.8 Å². The molecule has 0 radical (unpaired) electrons. The van der Waals surface area contributed by atoms with E-state index in [1.165, 1.54) is 4.31 Å². The highest BCUT2D eigenvalue weighted by Crippen LogP contribution is 2.21. The van der Waals surface area contributed by atoms with Crippen molar-refractivity contribution in [3.05, 3.63) is 59.2 Å². The van der Waals surface area contributed by atoms with E-state index in [4.69, 9.17) is 9.47 Å². The van der Waals surface area contributed by atoms with E-state index in [9.17, 15) is 13.2 Å². The number of ether oxygens (including phenoxy) is 2. The van der Waals surface area contributed by atoms with Gasteiger partial charge >= 0.3 is 0 Å². The Morgan fingerprint density at radius 3 is 2.45 bits per heavy atom. The monoisotopic (exact) mass is 418 g/mol. The molecule has 8 heteroatoms. The summed E-state index contributed by atoms with van der Waals surface area (Å²) in [6, 6.07) is 12.5. The minimum Gasteiger partial charge on any atom is -0.484 e. The van der Waals surface area contributed by atoms with E-state index < -0.39 is 10.0 Å². The third kappa shape index (κ3) is 5.56. The fourth-order valence-electron chi connectivity index (χ4n) is 3.24. The van der Waals surface area contributed by atoms with E-state index in [1.807, 2.05) is 32.0 Å². The molecule has 1 heterocycles. The number of nitrogens with zero attached hydrogens (tertiary/aromatic N) is 1. The Morgan fingerprint density at radius 2 is 1.76 bits per heavy atom. The van der Waals surface area contributed by atoms with Crippen molar-refractivity contribution in [1.29, 1.82) is 0 Å². The van der Waals surface area contributed by atoms with Gasteiger partial charge in [-0.15, -0.1) is 0 Å². The molecule has 1 N–H and O–H groups in total. The van der Waals surface area contributed by atoms with Crippen LogP contribution < -0.4 is 10.1 Å². The SMILES string of the molecule is Cc1cc(C)cc(OCC(=O)NCc2ccccc2S(=O)(=O)N2CCOCC2)c1. The first-order valence-corrected chi connectivity index (χ1v) is 10.9. The smallest absolute Gasteiger partial charge is 0.258 e. The zero-order valence-electron chi connectivity index (χ0n) is 16.7. The number of benzene rings is 2. The lowest BCUT2D eigenvalue weighted by Gasteiger charge is -2.27. The van der Waals surface area contributed by atoms with Crippen LogP contribution >= 0.6 is 0 Å². The third-order valence-electron chi connectivity index (χ3n) is 4.60. The topological polar surface area (TPSA) is 84.9 Å². The van der Waals surface area contributed by atoms with Crippen molar-refractivity contribution in [3.63, 3.8) is 0 Å². The van der Waals surface area contributed by atoms with Crippen LogP contribution in [-0.2, 0) is 26.1 Å². The summed E-state index contributed by atoms with van der Waals surface area (Å²) in [4.78, 5) is 12.4. The second-order valence-electron chi connectivity index (χ2n) is 7.01. The maximum Gasteiger partial charge on any atom is 0.258 e. The van der Waals surface area contributed by atoms with Crippen LogP contribution in [-0.4, -0.2) is 51.5 Å². The van der Waals surface area contributed by atoms with E-state index in [-0.39, 0.29) is 24.0 Å². The molecule has 0 unspecified atom stereocenters. The van der Waals surface area contributed by atoms with Gasteiger partial charge in [-0.1, -0.05) is 24.3 Å². The predicted molar refractivity (Wildman–Crippen MR) is 109 cm³/mol. The molecule has 7 nitrogen and oxygen atoms in total. The van der Waals surface area contributed by atoms with Gasteiger partial charge in [-0.05, 0) is 48.7 Å². The number of hydrogen-bond donors (Lipinski definition) is 1. The molecule has 0 spiro atoms. The van der Waals surface area contributed by atoms with Gasteiger partial charge in [-0.3, -0.25) is 4.79 Å². The van der Waals surface area contributed by atoms with Gasteiger partial charge in [0.15, 0.2) is 6.61 Å². The Kier molecular flexibility index (Phi) is 6.89. The normalized spacial score (nSPS) is 15.1. The molecule has 0 bridgehead atoms. The molecule has 2 aromatic carbocycles. The molecule has 1 aliphatic rings. The molecule has 0 saturated carbocycles. The van der Waals surface area contributed by atoms with Crippen molar-refractivity contribution in [2.24, 2.45) is 0 Å². The molecule has 29 heavy (non-hydrogen) atoms. The number of hydrogen-bond acceptors (Lipinski definition) is 5. The molecule has 0 atom stereocenters. The quantitative estimate of drug-likeness (QED) is 0.744.